The summed E-state index contributed by atoms with van der Waals surface area (Å²) in [5, 5.41) is 3.70. The Morgan fingerprint density at radius 3 is 2.78 bits per heavy atom. The maximum atomic E-state index is 12.8. The van der Waals surface area contributed by atoms with Crippen LogP contribution in [0.4, 0.5) is 0 Å². The number of nitrogens with one attached hydrogen (secondary N) is 1. The van der Waals surface area contributed by atoms with Crippen LogP contribution < -0.4 is 14.8 Å². The summed E-state index contributed by atoms with van der Waals surface area (Å²) in [6.07, 6.45) is 10.4. The molecule has 4 rings (SSSR count). The van der Waals surface area contributed by atoms with Crippen molar-refractivity contribution in [1.82, 2.24) is 14.9 Å². The molecule has 1 N–H and O–H groups in total. The monoisotopic (exact) mass is 503 g/mol. The molecule has 0 radical (unpaired) electrons. The van der Waals surface area contributed by atoms with Crippen LogP contribution in [0.25, 0.3) is 11.8 Å². The fourth-order valence-electron chi connectivity index (χ4n) is 4.88. The Labute approximate surface area is 219 Å². The highest BCUT2D eigenvalue weighted by Gasteiger charge is 2.20. The fourth-order valence-corrected chi connectivity index (χ4v) is 4.88. The Balaban J connectivity index is 1.45. The zero-order chi connectivity index (χ0) is 26.2. The van der Waals surface area contributed by atoms with Gasteiger partial charge in [0.25, 0.3) is 0 Å². The first kappa shape index (κ1) is 26.5. The molecule has 2 aromatic carbocycles. The fraction of sp³-hybridized carbons (Fsp3) is 0.400. The van der Waals surface area contributed by atoms with Gasteiger partial charge in [-0.3, -0.25) is 0 Å². The minimum Gasteiger partial charge on any atom is -0.497 e. The van der Waals surface area contributed by atoms with E-state index in [2.05, 4.69) is 22.4 Å². The van der Waals surface area contributed by atoms with Crippen molar-refractivity contribution < 1.29 is 19.0 Å². The average molecular weight is 504 g/mol. The lowest BCUT2D eigenvalue weighted by atomic mass is 9.87. The van der Waals surface area contributed by atoms with E-state index in [-0.39, 0.29) is 5.97 Å². The summed E-state index contributed by atoms with van der Waals surface area (Å²) in [5.74, 6) is 1.33. The normalized spacial score (nSPS) is 15.2. The van der Waals surface area contributed by atoms with E-state index >= 15 is 0 Å². The Hall–Kier alpha value is -3.58. The Bertz CT molecular complexity index is 1250. The summed E-state index contributed by atoms with van der Waals surface area (Å²) in [4.78, 5) is 17.1. The third kappa shape index (κ3) is 6.60. The van der Waals surface area contributed by atoms with Crippen LogP contribution in [0.5, 0.6) is 11.5 Å². The summed E-state index contributed by atoms with van der Waals surface area (Å²) in [7, 11) is 3.35. The molecule has 1 aliphatic carbocycles. The summed E-state index contributed by atoms with van der Waals surface area (Å²) >= 11 is 0. The Kier molecular flexibility index (Phi) is 9.01. The molecule has 0 spiro atoms. The predicted molar refractivity (Wildman–Crippen MR) is 145 cm³/mol. The first-order valence-electron chi connectivity index (χ1n) is 13.0. The van der Waals surface area contributed by atoms with Gasteiger partial charge in [0.2, 0.25) is 0 Å². The molecule has 0 saturated heterocycles. The lowest BCUT2D eigenvalue weighted by molar-refractivity contribution is -0.138. The second kappa shape index (κ2) is 12.6. The molecule has 3 aromatic rings. The highest BCUT2D eigenvalue weighted by atomic mass is 16.5. The van der Waals surface area contributed by atoms with Gasteiger partial charge < -0.3 is 24.1 Å². The molecule has 196 valence electrons. The molecule has 1 unspecified atom stereocenters. The van der Waals surface area contributed by atoms with Gasteiger partial charge >= 0.3 is 5.97 Å². The zero-order valence-corrected chi connectivity index (χ0v) is 22.3. The molecule has 1 aromatic heterocycles. The minimum atomic E-state index is -0.275. The molecular formula is C30H37N3O4. The molecule has 1 heterocycles. The van der Waals surface area contributed by atoms with Gasteiger partial charge in [-0.05, 0) is 99.5 Å². The van der Waals surface area contributed by atoms with Crippen LogP contribution in [0.1, 0.15) is 61.0 Å². The third-order valence-corrected chi connectivity index (χ3v) is 6.75. The smallest absolute Gasteiger partial charge is 0.334 e. The van der Waals surface area contributed by atoms with E-state index in [0.29, 0.717) is 30.4 Å². The number of carbonyl (C=O) groups is 1. The van der Waals surface area contributed by atoms with Crippen molar-refractivity contribution in [3.8, 4) is 17.2 Å². The molecule has 0 fully saturated rings. The van der Waals surface area contributed by atoms with Gasteiger partial charge in [-0.2, -0.15) is 0 Å². The Morgan fingerprint density at radius 1 is 1.19 bits per heavy atom. The molecule has 37 heavy (non-hydrogen) atoms. The van der Waals surface area contributed by atoms with Crippen molar-refractivity contribution in [2.24, 2.45) is 0 Å². The summed E-state index contributed by atoms with van der Waals surface area (Å²) in [6, 6.07) is 12.6. The predicted octanol–water partition coefficient (Wildman–Crippen LogP) is 5.59. The number of carbonyl (C=O) groups excluding carboxylic acids is 1. The molecule has 1 aliphatic rings. The SMILES string of the molecule is CCOC(=O)/C(=C\c1ccc(-n2cnc(C)c2)c(OC)c1)CCCNC1CCCc2ccc(OC)cc21. The highest BCUT2D eigenvalue weighted by molar-refractivity contribution is 5.93. The Morgan fingerprint density at radius 2 is 2.05 bits per heavy atom. The van der Waals surface area contributed by atoms with Gasteiger partial charge in [-0.1, -0.05) is 12.1 Å². The molecule has 7 nitrogen and oxygen atoms in total. The number of methoxy groups -OCH3 is 2. The van der Waals surface area contributed by atoms with E-state index in [1.807, 2.05) is 55.0 Å². The standard InChI is InChI=1S/C30H37N3O4/c1-5-37-30(34)24(16-22-11-14-28(29(17-22)36-4)33-19-21(2)32-20-33)9-7-15-31-27-10-6-8-23-12-13-25(35-3)18-26(23)27/h11-14,16-20,27,31H,5-10,15H2,1-4H3/b24-16-. The van der Waals surface area contributed by atoms with Crippen molar-refractivity contribution in [3.05, 3.63) is 76.9 Å². The average Bonchev–Trinajstić information content (AvgIpc) is 3.35. The third-order valence-electron chi connectivity index (χ3n) is 6.75. The van der Waals surface area contributed by atoms with E-state index in [4.69, 9.17) is 14.2 Å². The van der Waals surface area contributed by atoms with Crippen molar-refractivity contribution in [1.29, 1.82) is 0 Å². The summed E-state index contributed by atoms with van der Waals surface area (Å²) in [5.41, 5.74) is 6.09. The number of hydrogen-bond acceptors (Lipinski definition) is 6. The van der Waals surface area contributed by atoms with Crippen LogP contribution in [-0.4, -0.2) is 42.9 Å². The molecule has 7 heteroatoms. The van der Waals surface area contributed by atoms with Gasteiger partial charge in [0, 0.05) is 17.8 Å². The topological polar surface area (TPSA) is 74.6 Å². The second-order valence-electron chi connectivity index (χ2n) is 9.31. The molecule has 0 saturated carbocycles. The number of benzene rings is 2. The molecule has 0 bridgehead atoms. The number of nitrogens with zero attached hydrogens (tertiary/aromatic N) is 2. The lowest BCUT2D eigenvalue weighted by Gasteiger charge is -2.27. The number of aryl methyl sites for hydroxylation is 2. The number of imidazole rings is 1. The van der Waals surface area contributed by atoms with E-state index in [0.717, 1.165) is 48.5 Å². The number of aromatic nitrogens is 2. The first-order chi connectivity index (χ1) is 18.0. The van der Waals surface area contributed by atoms with Gasteiger partial charge in [-0.15, -0.1) is 0 Å². The maximum absolute atomic E-state index is 12.8. The maximum Gasteiger partial charge on any atom is 0.334 e. The molecule has 1 atom stereocenters. The van der Waals surface area contributed by atoms with Crippen LogP contribution in [0.2, 0.25) is 0 Å². The van der Waals surface area contributed by atoms with Gasteiger partial charge in [0.05, 0.1) is 38.5 Å². The molecular weight excluding hydrogens is 466 g/mol. The largest absolute Gasteiger partial charge is 0.497 e. The zero-order valence-electron chi connectivity index (χ0n) is 22.3. The van der Waals surface area contributed by atoms with Crippen molar-refractivity contribution in [2.75, 3.05) is 27.4 Å². The highest BCUT2D eigenvalue weighted by Crippen LogP contribution is 2.32. The number of ether oxygens (including phenoxy) is 3. The molecule has 0 amide bonds. The molecule has 0 aliphatic heterocycles. The van der Waals surface area contributed by atoms with Crippen LogP contribution in [0, 0.1) is 6.92 Å². The van der Waals surface area contributed by atoms with E-state index in [1.165, 1.54) is 17.5 Å². The summed E-state index contributed by atoms with van der Waals surface area (Å²) in [6.45, 7) is 4.93. The van der Waals surface area contributed by atoms with E-state index in [9.17, 15) is 4.79 Å². The van der Waals surface area contributed by atoms with Gasteiger partial charge in [-0.25, -0.2) is 9.78 Å². The number of esters is 1. The first-order valence-corrected chi connectivity index (χ1v) is 13.0. The summed E-state index contributed by atoms with van der Waals surface area (Å²) < 4.78 is 18.4. The quantitative estimate of drug-likeness (QED) is 0.209. The van der Waals surface area contributed by atoms with Crippen molar-refractivity contribution in [3.63, 3.8) is 0 Å². The van der Waals surface area contributed by atoms with E-state index in [1.54, 1.807) is 20.5 Å². The minimum absolute atomic E-state index is 0.275. The number of rotatable bonds is 11. The van der Waals surface area contributed by atoms with Crippen LogP contribution >= 0.6 is 0 Å². The van der Waals surface area contributed by atoms with E-state index < -0.39 is 0 Å². The lowest BCUT2D eigenvalue weighted by Crippen LogP contribution is -2.26. The van der Waals surface area contributed by atoms with Gasteiger partial charge in [0.1, 0.15) is 11.5 Å². The second-order valence-corrected chi connectivity index (χ2v) is 9.31. The number of fused-ring (bicyclic) bond motifs is 1. The van der Waals surface area contributed by atoms with Crippen molar-refractivity contribution in [2.45, 2.75) is 52.0 Å². The van der Waals surface area contributed by atoms with Gasteiger partial charge in [0.15, 0.2) is 0 Å². The van der Waals surface area contributed by atoms with Crippen LogP contribution in [0.3, 0.4) is 0 Å². The van der Waals surface area contributed by atoms with Crippen molar-refractivity contribution >= 4 is 12.0 Å². The van der Waals surface area contributed by atoms with Crippen LogP contribution in [0.15, 0.2) is 54.5 Å². The van der Waals surface area contributed by atoms with Crippen LogP contribution in [-0.2, 0) is 16.0 Å². The number of hydrogen-bond donors (Lipinski definition) is 1.